The highest BCUT2D eigenvalue weighted by Gasteiger charge is 2.25. The third-order valence-corrected chi connectivity index (χ3v) is 2.75. The van der Waals surface area contributed by atoms with Crippen LogP contribution < -0.4 is 5.73 Å². The maximum atomic E-state index is 5.82. The zero-order valence-corrected chi connectivity index (χ0v) is 7.55. The van der Waals surface area contributed by atoms with Crippen molar-refractivity contribution in [1.82, 2.24) is 0 Å². The van der Waals surface area contributed by atoms with Gasteiger partial charge in [0, 0.05) is 19.8 Å². The summed E-state index contributed by atoms with van der Waals surface area (Å²) < 4.78 is 5.11. The van der Waals surface area contributed by atoms with Crippen LogP contribution in [0, 0.1) is 11.8 Å². The molecule has 1 aliphatic carbocycles. The Kier molecular flexibility index (Phi) is 3.34. The highest BCUT2D eigenvalue weighted by Crippen LogP contribution is 2.30. The zero-order valence-electron chi connectivity index (χ0n) is 7.55. The SMILES string of the molecule is COCC(C)C1CCC(N)C1. The number of hydrogen-bond donors (Lipinski definition) is 1. The van der Waals surface area contributed by atoms with Gasteiger partial charge in [0.15, 0.2) is 0 Å². The summed E-state index contributed by atoms with van der Waals surface area (Å²) in [6, 6.07) is 0.458. The summed E-state index contributed by atoms with van der Waals surface area (Å²) in [6.07, 6.45) is 3.70. The number of methoxy groups -OCH3 is 1. The van der Waals surface area contributed by atoms with Crippen LogP contribution in [0.1, 0.15) is 26.2 Å². The minimum absolute atomic E-state index is 0.458. The first-order valence-corrected chi connectivity index (χ1v) is 4.48. The van der Waals surface area contributed by atoms with Crippen molar-refractivity contribution < 1.29 is 4.74 Å². The van der Waals surface area contributed by atoms with E-state index in [2.05, 4.69) is 6.92 Å². The summed E-state index contributed by atoms with van der Waals surface area (Å²) in [6.45, 7) is 3.14. The van der Waals surface area contributed by atoms with Crippen molar-refractivity contribution in [2.24, 2.45) is 17.6 Å². The van der Waals surface area contributed by atoms with E-state index in [-0.39, 0.29) is 0 Å². The van der Waals surface area contributed by atoms with Crippen molar-refractivity contribution in [3.05, 3.63) is 0 Å². The summed E-state index contributed by atoms with van der Waals surface area (Å²) in [5, 5.41) is 0. The Morgan fingerprint density at radius 3 is 2.73 bits per heavy atom. The largest absolute Gasteiger partial charge is 0.384 e. The molecule has 0 aromatic rings. The molecule has 3 atom stereocenters. The number of nitrogens with two attached hydrogens (primary N) is 1. The fourth-order valence-corrected chi connectivity index (χ4v) is 1.97. The maximum Gasteiger partial charge on any atom is 0.0490 e. The molecule has 0 amide bonds. The summed E-state index contributed by atoms with van der Waals surface area (Å²) in [4.78, 5) is 0. The van der Waals surface area contributed by atoms with E-state index in [0.717, 1.165) is 12.5 Å². The molecule has 1 saturated carbocycles. The molecule has 2 N–H and O–H groups in total. The molecule has 0 aromatic carbocycles. The fourth-order valence-electron chi connectivity index (χ4n) is 1.97. The van der Waals surface area contributed by atoms with Gasteiger partial charge in [0.1, 0.15) is 0 Å². The number of hydrogen-bond acceptors (Lipinski definition) is 2. The number of ether oxygens (including phenoxy) is 1. The Labute approximate surface area is 69.1 Å². The lowest BCUT2D eigenvalue weighted by Crippen LogP contribution is -2.18. The molecule has 0 spiro atoms. The molecule has 66 valence electrons. The van der Waals surface area contributed by atoms with E-state index in [9.17, 15) is 0 Å². The molecule has 0 radical (unpaired) electrons. The van der Waals surface area contributed by atoms with Gasteiger partial charge in [-0.15, -0.1) is 0 Å². The van der Waals surface area contributed by atoms with Gasteiger partial charge >= 0.3 is 0 Å². The van der Waals surface area contributed by atoms with Gasteiger partial charge in [-0.05, 0) is 31.1 Å². The highest BCUT2D eigenvalue weighted by atomic mass is 16.5. The smallest absolute Gasteiger partial charge is 0.0490 e. The molecule has 11 heavy (non-hydrogen) atoms. The third-order valence-electron chi connectivity index (χ3n) is 2.75. The predicted octanol–water partition coefficient (Wildman–Crippen LogP) is 1.40. The Balaban J connectivity index is 2.25. The van der Waals surface area contributed by atoms with E-state index in [1.54, 1.807) is 7.11 Å². The van der Waals surface area contributed by atoms with Gasteiger partial charge in [0.25, 0.3) is 0 Å². The molecule has 0 saturated heterocycles. The van der Waals surface area contributed by atoms with Crippen LogP contribution in [0.3, 0.4) is 0 Å². The molecule has 2 heteroatoms. The molecular weight excluding hydrogens is 138 g/mol. The van der Waals surface area contributed by atoms with Crippen molar-refractivity contribution in [3.8, 4) is 0 Å². The van der Waals surface area contributed by atoms with Gasteiger partial charge in [-0.1, -0.05) is 6.92 Å². The molecule has 1 fully saturated rings. The second kappa shape index (κ2) is 4.07. The monoisotopic (exact) mass is 157 g/mol. The fraction of sp³-hybridized carbons (Fsp3) is 1.00. The number of rotatable bonds is 3. The van der Waals surface area contributed by atoms with Crippen LogP contribution in [0.15, 0.2) is 0 Å². The van der Waals surface area contributed by atoms with E-state index in [0.29, 0.717) is 12.0 Å². The van der Waals surface area contributed by atoms with E-state index in [1.807, 2.05) is 0 Å². The average molecular weight is 157 g/mol. The first kappa shape index (κ1) is 9.01. The molecule has 1 aliphatic rings. The van der Waals surface area contributed by atoms with Crippen LogP contribution in [0.2, 0.25) is 0 Å². The van der Waals surface area contributed by atoms with Gasteiger partial charge in [-0.2, -0.15) is 0 Å². The Bertz CT molecular complexity index is 116. The molecule has 0 heterocycles. The minimum Gasteiger partial charge on any atom is -0.384 e. The van der Waals surface area contributed by atoms with Crippen molar-refractivity contribution in [3.63, 3.8) is 0 Å². The molecular formula is C9H19NO. The Hall–Kier alpha value is -0.0800. The minimum atomic E-state index is 0.458. The van der Waals surface area contributed by atoms with Crippen molar-refractivity contribution in [2.75, 3.05) is 13.7 Å². The Morgan fingerprint density at radius 1 is 1.55 bits per heavy atom. The van der Waals surface area contributed by atoms with Gasteiger partial charge in [0.05, 0.1) is 0 Å². The summed E-state index contributed by atoms with van der Waals surface area (Å²) in [5.41, 5.74) is 5.82. The van der Waals surface area contributed by atoms with Gasteiger partial charge in [-0.3, -0.25) is 0 Å². The lowest BCUT2D eigenvalue weighted by atomic mass is 9.93. The second-order valence-electron chi connectivity index (χ2n) is 3.77. The van der Waals surface area contributed by atoms with Gasteiger partial charge in [0.2, 0.25) is 0 Å². The summed E-state index contributed by atoms with van der Waals surface area (Å²) in [7, 11) is 1.77. The normalized spacial score (nSPS) is 34.1. The van der Waals surface area contributed by atoms with Crippen LogP contribution in [0.5, 0.6) is 0 Å². The molecule has 1 rings (SSSR count). The standard InChI is InChI=1S/C9H19NO/c1-7(6-11-2)8-3-4-9(10)5-8/h7-9H,3-6,10H2,1-2H3. The predicted molar refractivity (Wildman–Crippen MR) is 46.4 cm³/mol. The molecule has 2 nitrogen and oxygen atoms in total. The van der Waals surface area contributed by atoms with Crippen molar-refractivity contribution in [2.45, 2.75) is 32.2 Å². The van der Waals surface area contributed by atoms with E-state index < -0.39 is 0 Å². The lowest BCUT2D eigenvalue weighted by Gasteiger charge is -2.17. The van der Waals surface area contributed by atoms with Crippen molar-refractivity contribution in [1.29, 1.82) is 0 Å². The topological polar surface area (TPSA) is 35.2 Å². The first-order valence-electron chi connectivity index (χ1n) is 4.48. The zero-order chi connectivity index (χ0) is 8.27. The Morgan fingerprint density at radius 2 is 2.27 bits per heavy atom. The lowest BCUT2D eigenvalue weighted by molar-refractivity contribution is 0.130. The van der Waals surface area contributed by atoms with Crippen LogP contribution in [0.25, 0.3) is 0 Å². The van der Waals surface area contributed by atoms with E-state index >= 15 is 0 Å². The van der Waals surface area contributed by atoms with Gasteiger partial charge < -0.3 is 10.5 Å². The molecule has 0 bridgehead atoms. The van der Waals surface area contributed by atoms with Crippen LogP contribution in [0.4, 0.5) is 0 Å². The van der Waals surface area contributed by atoms with Crippen LogP contribution in [-0.2, 0) is 4.74 Å². The van der Waals surface area contributed by atoms with Gasteiger partial charge in [-0.25, -0.2) is 0 Å². The van der Waals surface area contributed by atoms with Crippen LogP contribution >= 0.6 is 0 Å². The first-order chi connectivity index (χ1) is 5.24. The quantitative estimate of drug-likeness (QED) is 0.672. The maximum absolute atomic E-state index is 5.82. The highest BCUT2D eigenvalue weighted by molar-refractivity contribution is 4.80. The molecule has 0 aromatic heterocycles. The summed E-state index contributed by atoms with van der Waals surface area (Å²) >= 11 is 0. The van der Waals surface area contributed by atoms with Crippen LogP contribution in [-0.4, -0.2) is 19.8 Å². The molecule has 3 unspecified atom stereocenters. The second-order valence-corrected chi connectivity index (χ2v) is 3.77. The summed E-state index contributed by atoms with van der Waals surface area (Å²) in [5.74, 6) is 1.50. The molecule has 0 aliphatic heterocycles. The third kappa shape index (κ3) is 2.46. The average Bonchev–Trinajstić information content (AvgIpc) is 2.36. The van der Waals surface area contributed by atoms with Crippen molar-refractivity contribution >= 4 is 0 Å². The van der Waals surface area contributed by atoms with E-state index in [1.165, 1.54) is 19.3 Å². The van der Waals surface area contributed by atoms with E-state index in [4.69, 9.17) is 10.5 Å².